The molecule has 2 N–H and O–H groups in total. The second-order valence-corrected chi connectivity index (χ2v) is 7.81. The van der Waals surface area contributed by atoms with E-state index in [1.807, 2.05) is 6.92 Å². The third-order valence-corrected chi connectivity index (χ3v) is 5.40. The highest BCUT2D eigenvalue weighted by Gasteiger charge is 2.32. The molecule has 1 saturated carbocycles. The maximum Gasteiger partial charge on any atom is 0.120 e. The third-order valence-electron chi connectivity index (χ3n) is 4.71. The molecule has 2 rings (SSSR count). The normalized spacial score (nSPS) is 27.7. The summed E-state index contributed by atoms with van der Waals surface area (Å²) in [4.78, 5) is 0. The number of rotatable bonds is 4. The highest BCUT2D eigenvalue weighted by atomic mass is 79.9. The van der Waals surface area contributed by atoms with Crippen molar-refractivity contribution in [2.24, 2.45) is 23.5 Å². The van der Waals surface area contributed by atoms with E-state index in [2.05, 4.69) is 54.9 Å². The second kappa shape index (κ2) is 7.15. The molecule has 1 aliphatic rings. The summed E-state index contributed by atoms with van der Waals surface area (Å²) < 4.78 is 7.39. The Morgan fingerprint density at radius 1 is 1.24 bits per heavy atom. The predicted octanol–water partition coefficient (Wildman–Crippen LogP) is 5.31. The molecule has 3 heteroatoms. The average Bonchev–Trinajstić information content (AvgIpc) is 2.37. The van der Waals surface area contributed by atoms with E-state index in [-0.39, 0.29) is 6.04 Å². The quantitative estimate of drug-likeness (QED) is 0.795. The van der Waals surface area contributed by atoms with Gasteiger partial charge in [0.15, 0.2) is 0 Å². The van der Waals surface area contributed by atoms with Gasteiger partial charge in [-0.2, -0.15) is 0 Å². The lowest BCUT2D eigenvalue weighted by atomic mass is 9.75. The number of benzene rings is 1. The molecule has 4 atom stereocenters. The first-order chi connectivity index (χ1) is 9.88. The molecule has 0 radical (unpaired) electrons. The van der Waals surface area contributed by atoms with Crippen molar-refractivity contribution in [3.63, 3.8) is 0 Å². The van der Waals surface area contributed by atoms with Gasteiger partial charge in [0.1, 0.15) is 11.9 Å². The van der Waals surface area contributed by atoms with Gasteiger partial charge in [0.05, 0.1) is 0 Å². The first-order valence-corrected chi connectivity index (χ1v) is 8.89. The highest BCUT2D eigenvalue weighted by molar-refractivity contribution is 9.10. The molecular weight excluding hydrogens is 326 g/mol. The lowest BCUT2D eigenvalue weighted by molar-refractivity contribution is 0.0459. The Morgan fingerprint density at radius 2 is 1.95 bits per heavy atom. The van der Waals surface area contributed by atoms with E-state index in [4.69, 9.17) is 10.5 Å². The van der Waals surface area contributed by atoms with Crippen LogP contribution in [0.2, 0.25) is 0 Å². The minimum absolute atomic E-state index is 0.0338. The minimum Gasteiger partial charge on any atom is -0.490 e. The molecule has 1 aromatic carbocycles. The Bertz CT molecular complexity index is 472. The van der Waals surface area contributed by atoms with E-state index in [9.17, 15) is 0 Å². The van der Waals surface area contributed by atoms with E-state index in [1.165, 1.54) is 12.8 Å². The van der Waals surface area contributed by atoms with Crippen molar-refractivity contribution in [2.75, 3.05) is 0 Å². The summed E-state index contributed by atoms with van der Waals surface area (Å²) in [5, 5.41) is 0. The number of halogens is 1. The molecule has 0 bridgehead atoms. The van der Waals surface area contributed by atoms with Crippen molar-refractivity contribution in [3.05, 3.63) is 28.2 Å². The van der Waals surface area contributed by atoms with Gasteiger partial charge in [-0.1, -0.05) is 49.2 Å². The van der Waals surface area contributed by atoms with Crippen molar-refractivity contribution >= 4 is 15.9 Å². The van der Waals surface area contributed by atoms with E-state index in [1.54, 1.807) is 0 Å². The van der Waals surface area contributed by atoms with Crippen LogP contribution in [0.25, 0.3) is 0 Å². The molecule has 1 fully saturated rings. The molecule has 0 aromatic heterocycles. The van der Waals surface area contributed by atoms with Crippen LogP contribution in [-0.4, -0.2) is 6.10 Å². The molecule has 1 aliphatic carbocycles. The molecule has 118 valence electrons. The molecule has 3 unspecified atom stereocenters. The summed E-state index contributed by atoms with van der Waals surface area (Å²) in [5.74, 6) is 3.05. The monoisotopic (exact) mass is 353 g/mol. The van der Waals surface area contributed by atoms with Crippen molar-refractivity contribution in [1.29, 1.82) is 0 Å². The van der Waals surface area contributed by atoms with E-state index in [0.29, 0.717) is 17.9 Å². The maximum absolute atomic E-state index is 6.34. The molecule has 21 heavy (non-hydrogen) atoms. The minimum atomic E-state index is 0.0338. The van der Waals surface area contributed by atoms with Crippen LogP contribution in [0.5, 0.6) is 5.75 Å². The zero-order valence-electron chi connectivity index (χ0n) is 13.6. The Kier molecular flexibility index (Phi) is 5.73. The van der Waals surface area contributed by atoms with Gasteiger partial charge in [0, 0.05) is 10.5 Å². The van der Waals surface area contributed by atoms with Crippen molar-refractivity contribution in [3.8, 4) is 5.75 Å². The van der Waals surface area contributed by atoms with Crippen LogP contribution in [0, 0.1) is 17.8 Å². The molecular formula is C18H28BrNO. The van der Waals surface area contributed by atoms with Crippen LogP contribution in [0.1, 0.15) is 58.6 Å². The van der Waals surface area contributed by atoms with E-state index in [0.717, 1.165) is 28.1 Å². The first kappa shape index (κ1) is 16.8. The number of nitrogens with two attached hydrogens (primary N) is 1. The molecule has 0 heterocycles. The fourth-order valence-corrected chi connectivity index (χ4v) is 4.09. The molecule has 0 saturated heterocycles. The van der Waals surface area contributed by atoms with Gasteiger partial charge in [0.25, 0.3) is 0 Å². The van der Waals surface area contributed by atoms with E-state index < -0.39 is 0 Å². The zero-order valence-corrected chi connectivity index (χ0v) is 15.2. The third kappa shape index (κ3) is 4.23. The molecule has 1 aromatic rings. The van der Waals surface area contributed by atoms with Crippen LogP contribution >= 0.6 is 15.9 Å². The zero-order chi connectivity index (χ0) is 15.6. The largest absolute Gasteiger partial charge is 0.490 e. The van der Waals surface area contributed by atoms with Crippen LogP contribution in [-0.2, 0) is 0 Å². The summed E-state index contributed by atoms with van der Waals surface area (Å²) in [5.41, 5.74) is 7.08. The SMILES string of the molecule is CC1CCC(C(C)C)C(Oc2ccc([C@@H](C)N)c(Br)c2)C1. The highest BCUT2D eigenvalue weighted by Crippen LogP contribution is 2.37. The fraction of sp³-hybridized carbons (Fsp3) is 0.667. The topological polar surface area (TPSA) is 35.2 Å². The average molecular weight is 354 g/mol. The lowest BCUT2D eigenvalue weighted by Crippen LogP contribution is -2.36. The van der Waals surface area contributed by atoms with Gasteiger partial charge in [-0.25, -0.2) is 0 Å². The Labute approximate surface area is 137 Å². The van der Waals surface area contributed by atoms with Crippen molar-refractivity contribution in [1.82, 2.24) is 0 Å². The Balaban J connectivity index is 2.13. The number of hydrogen-bond acceptors (Lipinski definition) is 2. The van der Waals surface area contributed by atoms with Crippen LogP contribution in [0.4, 0.5) is 0 Å². The number of ether oxygens (including phenoxy) is 1. The summed E-state index contributed by atoms with van der Waals surface area (Å²) >= 11 is 3.61. The van der Waals surface area contributed by atoms with Gasteiger partial charge in [0.2, 0.25) is 0 Å². The summed E-state index contributed by atoms with van der Waals surface area (Å²) in [7, 11) is 0. The van der Waals surface area contributed by atoms with E-state index >= 15 is 0 Å². The van der Waals surface area contributed by atoms with Crippen molar-refractivity contribution < 1.29 is 4.74 Å². The smallest absolute Gasteiger partial charge is 0.120 e. The van der Waals surface area contributed by atoms with Crippen LogP contribution < -0.4 is 10.5 Å². The Hall–Kier alpha value is -0.540. The van der Waals surface area contributed by atoms with Gasteiger partial charge < -0.3 is 10.5 Å². The van der Waals surface area contributed by atoms with Crippen LogP contribution in [0.15, 0.2) is 22.7 Å². The van der Waals surface area contributed by atoms with Gasteiger partial charge in [-0.3, -0.25) is 0 Å². The summed E-state index contributed by atoms with van der Waals surface area (Å²) in [6.07, 6.45) is 4.11. The molecule has 0 amide bonds. The van der Waals surface area contributed by atoms with Crippen molar-refractivity contribution in [2.45, 2.75) is 59.1 Å². The predicted molar refractivity (Wildman–Crippen MR) is 92.5 cm³/mol. The fourth-order valence-electron chi connectivity index (χ4n) is 3.38. The van der Waals surface area contributed by atoms with Crippen LogP contribution in [0.3, 0.4) is 0 Å². The first-order valence-electron chi connectivity index (χ1n) is 8.10. The van der Waals surface area contributed by atoms with Gasteiger partial charge >= 0.3 is 0 Å². The molecule has 2 nitrogen and oxygen atoms in total. The summed E-state index contributed by atoms with van der Waals surface area (Å²) in [6.45, 7) is 8.96. The molecule has 0 aliphatic heterocycles. The second-order valence-electron chi connectivity index (χ2n) is 6.95. The number of hydrogen-bond donors (Lipinski definition) is 1. The van der Waals surface area contributed by atoms with Gasteiger partial charge in [-0.15, -0.1) is 0 Å². The van der Waals surface area contributed by atoms with Gasteiger partial charge in [-0.05, 0) is 55.2 Å². The standard InChI is InChI=1S/C18H28BrNO/c1-11(2)15-7-5-12(3)9-18(15)21-14-6-8-16(13(4)20)17(19)10-14/h6,8,10-13,15,18H,5,7,9,20H2,1-4H3/t12?,13-,15?,18?/m1/s1. The Morgan fingerprint density at radius 3 is 2.52 bits per heavy atom. The molecule has 0 spiro atoms. The maximum atomic E-state index is 6.34. The summed E-state index contributed by atoms with van der Waals surface area (Å²) in [6, 6.07) is 6.22. The lowest BCUT2D eigenvalue weighted by Gasteiger charge is -2.37.